The van der Waals surface area contributed by atoms with Crippen LogP contribution in [0.15, 0.2) is 24.3 Å². The quantitative estimate of drug-likeness (QED) is 0.886. The van der Waals surface area contributed by atoms with Gasteiger partial charge in [0.05, 0.1) is 11.7 Å². The zero-order chi connectivity index (χ0) is 15.0. The van der Waals surface area contributed by atoms with E-state index in [-0.39, 0.29) is 23.8 Å². The lowest BCUT2D eigenvalue weighted by molar-refractivity contribution is -0.142. The number of rotatable bonds is 2. The summed E-state index contributed by atoms with van der Waals surface area (Å²) in [6.07, 6.45) is 2.33. The number of para-hydroxylation sites is 1. The van der Waals surface area contributed by atoms with Crippen molar-refractivity contribution in [3.05, 3.63) is 29.8 Å². The normalized spacial score (nSPS) is 25.1. The largest absolute Gasteiger partial charge is 0.309 e. The van der Waals surface area contributed by atoms with Crippen molar-refractivity contribution in [3.63, 3.8) is 0 Å². The number of hydrazine groups is 1. The van der Waals surface area contributed by atoms with E-state index in [1.165, 1.54) is 0 Å². The van der Waals surface area contributed by atoms with Crippen LogP contribution in [0.3, 0.4) is 0 Å². The summed E-state index contributed by atoms with van der Waals surface area (Å²) in [4.78, 5) is 24.8. The molecule has 0 aromatic heterocycles. The summed E-state index contributed by atoms with van der Waals surface area (Å²) in [6, 6.07) is 7.46. The van der Waals surface area contributed by atoms with Crippen molar-refractivity contribution in [1.82, 2.24) is 10.3 Å². The predicted molar refractivity (Wildman–Crippen MR) is 80.9 cm³/mol. The van der Waals surface area contributed by atoms with Gasteiger partial charge in [-0.05, 0) is 44.9 Å². The molecule has 0 bridgehead atoms. The van der Waals surface area contributed by atoms with E-state index in [0.29, 0.717) is 6.42 Å². The van der Waals surface area contributed by atoms with Gasteiger partial charge in [-0.3, -0.25) is 14.6 Å². The number of carbonyl (C=O) groups is 2. The number of likely N-dealkylation sites (N-methyl/N-ethyl adjacent to an activating group) is 1. The molecular weight excluding hydrogens is 266 g/mol. The van der Waals surface area contributed by atoms with Gasteiger partial charge in [0.1, 0.15) is 6.04 Å². The minimum Gasteiger partial charge on any atom is -0.309 e. The summed E-state index contributed by atoms with van der Waals surface area (Å²) in [5, 5.41) is 6.80. The first kappa shape index (κ1) is 14.1. The minimum absolute atomic E-state index is 0.00593. The molecule has 5 nitrogen and oxygen atoms in total. The number of carbonyl (C=O) groups excluding carboxylic acids is 2. The second-order valence-corrected chi connectivity index (χ2v) is 5.75. The number of hydrogen-bond acceptors (Lipinski definition) is 4. The maximum absolute atomic E-state index is 12.9. The summed E-state index contributed by atoms with van der Waals surface area (Å²) < 4.78 is 0. The highest BCUT2D eigenvalue weighted by molar-refractivity contribution is 5.92. The van der Waals surface area contributed by atoms with E-state index in [0.717, 1.165) is 30.6 Å². The Kier molecular flexibility index (Phi) is 3.68. The standard InChI is InChI=1S/C16H21N3O2/c1-11(20)14-8-5-9-18-15-7-4-3-6-12(15)10-13(17-2)16(21)19(14)18/h3-4,6-7,13-14,17H,5,8-10H2,1-2H3. The SMILES string of the molecule is CNC1Cc2ccccc2N2CCCC(C(C)=O)N2C1=O. The Balaban J connectivity index is 2.10. The van der Waals surface area contributed by atoms with Gasteiger partial charge in [0.25, 0.3) is 5.91 Å². The molecule has 2 unspecified atom stereocenters. The topological polar surface area (TPSA) is 52.7 Å². The number of nitrogens with zero attached hydrogens (tertiary/aromatic N) is 2. The second-order valence-electron chi connectivity index (χ2n) is 5.75. The average molecular weight is 287 g/mol. The number of amides is 1. The van der Waals surface area contributed by atoms with E-state index in [4.69, 9.17) is 0 Å². The highest BCUT2D eigenvalue weighted by Gasteiger charge is 2.41. The van der Waals surface area contributed by atoms with Gasteiger partial charge in [-0.15, -0.1) is 0 Å². The number of fused-ring (bicyclic) bond motifs is 3. The van der Waals surface area contributed by atoms with Gasteiger partial charge in [0, 0.05) is 6.54 Å². The average Bonchev–Trinajstić information content (AvgIpc) is 2.62. The van der Waals surface area contributed by atoms with E-state index in [1.807, 2.05) is 23.2 Å². The van der Waals surface area contributed by atoms with Gasteiger partial charge in [0.15, 0.2) is 5.78 Å². The molecule has 5 heteroatoms. The Hall–Kier alpha value is -1.88. The third-order valence-electron chi connectivity index (χ3n) is 4.44. The zero-order valence-electron chi connectivity index (χ0n) is 12.5. The summed E-state index contributed by atoms with van der Waals surface area (Å²) in [5.41, 5.74) is 2.20. The summed E-state index contributed by atoms with van der Waals surface area (Å²) >= 11 is 0. The van der Waals surface area contributed by atoms with Crippen molar-refractivity contribution in [2.75, 3.05) is 18.6 Å². The van der Waals surface area contributed by atoms with Gasteiger partial charge >= 0.3 is 0 Å². The fourth-order valence-electron chi connectivity index (χ4n) is 3.34. The van der Waals surface area contributed by atoms with Crippen LogP contribution < -0.4 is 10.3 Å². The van der Waals surface area contributed by atoms with E-state index < -0.39 is 0 Å². The van der Waals surface area contributed by atoms with Crippen LogP contribution in [0.4, 0.5) is 5.69 Å². The van der Waals surface area contributed by atoms with Crippen LogP contribution >= 0.6 is 0 Å². The molecule has 2 heterocycles. The molecule has 3 rings (SSSR count). The molecule has 0 aliphatic carbocycles. The zero-order valence-corrected chi connectivity index (χ0v) is 12.5. The molecule has 1 amide bonds. The van der Waals surface area contributed by atoms with Crippen molar-refractivity contribution >= 4 is 17.4 Å². The highest BCUT2D eigenvalue weighted by atomic mass is 16.2. The summed E-state index contributed by atoms with van der Waals surface area (Å²) in [7, 11) is 1.80. The van der Waals surface area contributed by atoms with Crippen LogP contribution in [0.1, 0.15) is 25.3 Å². The first-order valence-corrected chi connectivity index (χ1v) is 7.49. The van der Waals surface area contributed by atoms with Crippen molar-refractivity contribution in [2.24, 2.45) is 0 Å². The molecule has 1 fully saturated rings. The predicted octanol–water partition coefficient (Wildman–Crippen LogP) is 1.13. The van der Waals surface area contributed by atoms with Crippen molar-refractivity contribution < 1.29 is 9.59 Å². The fourth-order valence-corrected chi connectivity index (χ4v) is 3.34. The van der Waals surface area contributed by atoms with Gasteiger partial charge in [0.2, 0.25) is 0 Å². The Morgan fingerprint density at radius 2 is 2.10 bits per heavy atom. The first-order valence-electron chi connectivity index (χ1n) is 7.49. The lowest BCUT2D eigenvalue weighted by Gasteiger charge is -2.44. The number of hydrogen-bond donors (Lipinski definition) is 1. The number of anilines is 1. The third-order valence-corrected chi connectivity index (χ3v) is 4.44. The number of Topliss-reactive ketones (excluding diaryl/α,β-unsaturated/α-hetero) is 1. The molecule has 0 saturated carbocycles. The van der Waals surface area contributed by atoms with E-state index in [1.54, 1.807) is 19.0 Å². The molecule has 2 aliphatic heterocycles. The molecule has 1 N–H and O–H groups in total. The lowest BCUT2D eigenvalue weighted by atomic mass is 10.0. The molecule has 2 atom stereocenters. The minimum atomic E-state index is -0.340. The molecule has 0 radical (unpaired) electrons. The highest BCUT2D eigenvalue weighted by Crippen LogP contribution is 2.32. The molecular formula is C16H21N3O2. The molecule has 0 spiro atoms. The van der Waals surface area contributed by atoms with Crippen LogP contribution in [-0.4, -0.2) is 42.4 Å². The maximum Gasteiger partial charge on any atom is 0.259 e. The summed E-state index contributed by atoms with van der Waals surface area (Å²) in [6.45, 7) is 2.36. The third kappa shape index (κ3) is 2.31. The van der Waals surface area contributed by atoms with Crippen molar-refractivity contribution in [1.29, 1.82) is 0 Å². The van der Waals surface area contributed by atoms with Crippen LogP contribution in [0.25, 0.3) is 0 Å². The van der Waals surface area contributed by atoms with Crippen molar-refractivity contribution in [3.8, 4) is 0 Å². The van der Waals surface area contributed by atoms with Gasteiger partial charge in [-0.1, -0.05) is 18.2 Å². The van der Waals surface area contributed by atoms with Crippen LogP contribution in [0, 0.1) is 0 Å². The summed E-state index contributed by atoms with van der Waals surface area (Å²) in [5.74, 6) is 0.0517. The lowest BCUT2D eigenvalue weighted by Crippen LogP contribution is -2.61. The van der Waals surface area contributed by atoms with E-state index >= 15 is 0 Å². The Labute approximate surface area is 124 Å². The van der Waals surface area contributed by atoms with E-state index in [2.05, 4.69) is 11.4 Å². The number of ketones is 1. The van der Waals surface area contributed by atoms with Gasteiger partial charge in [-0.2, -0.15) is 0 Å². The van der Waals surface area contributed by atoms with E-state index in [9.17, 15) is 9.59 Å². The number of benzene rings is 1. The monoisotopic (exact) mass is 287 g/mol. The molecule has 2 aliphatic rings. The Morgan fingerprint density at radius 3 is 2.81 bits per heavy atom. The van der Waals surface area contributed by atoms with Gasteiger partial charge < -0.3 is 5.32 Å². The first-order chi connectivity index (χ1) is 10.1. The fraction of sp³-hybridized carbons (Fsp3) is 0.500. The molecule has 21 heavy (non-hydrogen) atoms. The smallest absolute Gasteiger partial charge is 0.259 e. The molecule has 1 saturated heterocycles. The van der Waals surface area contributed by atoms with Crippen LogP contribution in [0.5, 0.6) is 0 Å². The van der Waals surface area contributed by atoms with Crippen molar-refractivity contribution in [2.45, 2.75) is 38.3 Å². The van der Waals surface area contributed by atoms with Crippen LogP contribution in [0.2, 0.25) is 0 Å². The van der Waals surface area contributed by atoms with Gasteiger partial charge in [-0.25, -0.2) is 5.01 Å². The Bertz CT molecular complexity index is 572. The number of nitrogens with one attached hydrogen (secondary N) is 1. The maximum atomic E-state index is 12.9. The van der Waals surface area contributed by atoms with Crippen LogP contribution in [-0.2, 0) is 16.0 Å². The Morgan fingerprint density at radius 1 is 1.33 bits per heavy atom. The molecule has 1 aromatic rings. The molecule has 112 valence electrons. The molecule has 1 aromatic carbocycles. The second kappa shape index (κ2) is 5.48.